The van der Waals surface area contributed by atoms with Gasteiger partial charge in [-0.2, -0.15) is 0 Å². The van der Waals surface area contributed by atoms with Crippen LogP contribution in [0.2, 0.25) is 5.02 Å². The Balaban J connectivity index is 2.34. The molecule has 0 aliphatic carbocycles. The minimum absolute atomic E-state index is 0.355. The molecule has 6 heteroatoms. The van der Waals surface area contributed by atoms with Gasteiger partial charge in [0.2, 0.25) is 0 Å². The van der Waals surface area contributed by atoms with Crippen LogP contribution in [0.4, 0.5) is 0 Å². The topological polar surface area (TPSA) is 88.2 Å². The molecule has 94 valence electrons. The lowest BCUT2D eigenvalue weighted by molar-refractivity contribution is -0.116. The molecule has 0 atom stereocenters. The molecule has 0 fully saturated rings. The lowest BCUT2D eigenvalue weighted by Gasteiger charge is -2.07. The second kappa shape index (κ2) is 5.10. The van der Waals surface area contributed by atoms with Crippen molar-refractivity contribution in [1.29, 1.82) is 5.41 Å². The van der Waals surface area contributed by atoms with E-state index in [1.54, 1.807) is 18.2 Å². The van der Waals surface area contributed by atoms with Gasteiger partial charge in [-0.05, 0) is 12.1 Å². The molecular weight excluding hydrogens is 254 g/mol. The maximum Gasteiger partial charge on any atom is 0.254 e. The van der Waals surface area contributed by atoms with Gasteiger partial charge in [0.1, 0.15) is 5.75 Å². The number of nitrogens with two attached hydrogens (primary N) is 1. The van der Waals surface area contributed by atoms with E-state index < -0.39 is 0 Å². The molecule has 0 bridgehead atoms. The summed E-state index contributed by atoms with van der Waals surface area (Å²) < 4.78 is 5.52. The standard InChI is InChI=1S/C12H12ClN3O2/c13-9-3-1-2-7-6-8(4-5-18-10(7)9)11(17)16-12(14)15/h1-3,6H,4-5H2,(H4,14,15,16,17). The number of carbonyl (C=O) groups is 1. The highest BCUT2D eigenvalue weighted by atomic mass is 35.5. The highest BCUT2D eigenvalue weighted by Gasteiger charge is 2.17. The summed E-state index contributed by atoms with van der Waals surface area (Å²) in [7, 11) is 0. The van der Waals surface area contributed by atoms with Crippen LogP contribution in [0.15, 0.2) is 23.8 Å². The number of rotatable bonds is 1. The van der Waals surface area contributed by atoms with E-state index in [0.29, 0.717) is 29.4 Å². The van der Waals surface area contributed by atoms with E-state index in [1.165, 1.54) is 0 Å². The first-order chi connectivity index (χ1) is 8.58. The fourth-order valence-electron chi connectivity index (χ4n) is 1.70. The summed E-state index contributed by atoms with van der Waals surface area (Å²) >= 11 is 6.02. The molecule has 0 spiro atoms. The predicted octanol–water partition coefficient (Wildman–Crippen LogP) is 1.52. The number of hydrogen-bond acceptors (Lipinski definition) is 3. The lowest BCUT2D eigenvalue weighted by atomic mass is 10.1. The summed E-state index contributed by atoms with van der Waals surface area (Å²) in [5.74, 6) is -0.193. The smallest absolute Gasteiger partial charge is 0.254 e. The number of nitrogens with one attached hydrogen (secondary N) is 2. The van der Waals surface area contributed by atoms with Crippen LogP contribution >= 0.6 is 11.6 Å². The van der Waals surface area contributed by atoms with Gasteiger partial charge in [-0.3, -0.25) is 15.5 Å². The molecular formula is C12H12ClN3O2. The fourth-order valence-corrected chi connectivity index (χ4v) is 1.93. The van der Waals surface area contributed by atoms with Crippen LogP contribution in [0.5, 0.6) is 5.75 Å². The average molecular weight is 266 g/mol. The van der Waals surface area contributed by atoms with E-state index >= 15 is 0 Å². The molecule has 2 rings (SSSR count). The molecule has 1 heterocycles. The Morgan fingerprint density at radius 3 is 3.00 bits per heavy atom. The zero-order valence-electron chi connectivity index (χ0n) is 9.50. The number of fused-ring (bicyclic) bond motifs is 1. The fraction of sp³-hybridized carbons (Fsp3) is 0.167. The van der Waals surface area contributed by atoms with Gasteiger partial charge < -0.3 is 10.5 Å². The van der Waals surface area contributed by atoms with Crippen LogP contribution in [-0.2, 0) is 4.79 Å². The van der Waals surface area contributed by atoms with Crippen LogP contribution in [0, 0.1) is 5.41 Å². The van der Waals surface area contributed by atoms with Crippen molar-refractivity contribution in [2.45, 2.75) is 6.42 Å². The van der Waals surface area contributed by atoms with Crippen molar-refractivity contribution < 1.29 is 9.53 Å². The van der Waals surface area contributed by atoms with Crippen LogP contribution in [0.25, 0.3) is 6.08 Å². The summed E-state index contributed by atoms with van der Waals surface area (Å²) in [6.45, 7) is 0.355. The van der Waals surface area contributed by atoms with E-state index in [1.807, 2.05) is 6.07 Å². The quantitative estimate of drug-likeness (QED) is 0.531. The normalized spacial score (nSPS) is 13.7. The van der Waals surface area contributed by atoms with E-state index in [-0.39, 0.29) is 11.9 Å². The maximum absolute atomic E-state index is 11.8. The summed E-state index contributed by atoms with van der Waals surface area (Å²) in [4.78, 5) is 11.8. The average Bonchev–Trinajstić information content (AvgIpc) is 2.51. The van der Waals surface area contributed by atoms with Crippen molar-refractivity contribution in [1.82, 2.24) is 5.32 Å². The Morgan fingerprint density at radius 2 is 2.28 bits per heavy atom. The van der Waals surface area contributed by atoms with E-state index in [0.717, 1.165) is 5.56 Å². The van der Waals surface area contributed by atoms with Gasteiger partial charge in [0.15, 0.2) is 5.96 Å². The van der Waals surface area contributed by atoms with Crippen LogP contribution in [0.3, 0.4) is 0 Å². The first-order valence-corrected chi connectivity index (χ1v) is 5.73. The molecule has 1 aromatic rings. The zero-order valence-corrected chi connectivity index (χ0v) is 10.3. The summed E-state index contributed by atoms with van der Waals surface area (Å²) in [5, 5.41) is 9.81. The minimum atomic E-state index is -0.390. The van der Waals surface area contributed by atoms with E-state index in [9.17, 15) is 4.79 Å². The van der Waals surface area contributed by atoms with Crippen molar-refractivity contribution in [3.8, 4) is 5.75 Å². The second-order valence-corrected chi connectivity index (χ2v) is 4.20. The van der Waals surface area contributed by atoms with Gasteiger partial charge in [-0.15, -0.1) is 0 Å². The third kappa shape index (κ3) is 2.62. The number of halogens is 1. The molecule has 0 unspecified atom stereocenters. The van der Waals surface area contributed by atoms with Crippen molar-refractivity contribution in [3.63, 3.8) is 0 Å². The highest BCUT2D eigenvalue weighted by Crippen LogP contribution is 2.32. The first kappa shape index (κ1) is 12.4. The molecule has 0 saturated carbocycles. The van der Waals surface area contributed by atoms with Crippen molar-refractivity contribution in [2.75, 3.05) is 6.61 Å². The molecule has 1 aromatic carbocycles. The predicted molar refractivity (Wildman–Crippen MR) is 69.6 cm³/mol. The molecule has 4 N–H and O–H groups in total. The Bertz CT molecular complexity index is 540. The van der Waals surface area contributed by atoms with Crippen LogP contribution in [0.1, 0.15) is 12.0 Å². The zero-order chi connectivity index (χ0) is 13.1. The third-order valence-electron chi connectivity index (χ3n) is 2.48. The monoisotopic (exact) mass is 265 g/mol. The largest absolute Gasteiger partial charge is 0.491 e. The van der Waals surface area contributed by atoms with Gasteiger partial charge in [-0.1, -0.05) is 23.7 Å². The SMILES string of the molecule is N=C(N)NC(=O)C1=Cc2cccc(Cl)c2OCC1. The number of ether oxygens (including phenoxy) is 1. The van der Waals surface area contributed by atoms with Crippen molar-refractivity contribution in [2.24, 2.45) is 5.73 Å². The highest BCUT2D eigenvalue weighted by molar-refractivity contribution is 6.32. The maximum atomic E-state index is 11.8. The number of amides is 1. The summed E-state index contributed by atoms with van der Waals surface area (Å²) in [5.41, 5.74) is 6.38. The van der Waals surface area contributed by atoms with Crippen LogP contribution in [-0.4, -0.2) is 18.5 Å². The number of para-hydroxylation sites is 1. The number of benzene rings is 1. The number of guanidine groups is 1. The Hall–Kier alpha value is -2.01. The van der Waals surface area contributed by atoms with Gasteiger partial charge in [0.25, 0.3) is 5.91 Å². The first-order valence-electron chi connectivity index (χ1n) is 5.35. The number of hydrogen-bond donors (Lipinski definition) is 3. The van der Waals surface area contributed by atoms with Gasteiger partial charge in [-0.25, -0.2) is 0 Å². The Morgan fingerprint density at radius 1 is 1.50 bits per heavy atom. The molecule has 18 heavy (non-hydrogen) atoms. The molecule has 0 saturated heterocycles. The molecule has 5 nitrogen and oxygen atoms in total. The van der Waals surface area contributed by atoms with Gasteiger partial charge >= 0.3 is 0 Å². The van der Waals surface area contributed by atoms with E-state index in [2.05, 4.69) is 5.32 Å². The molecule has 0 radical (unpaired) electrons. The molecule has 0 aromatic heterocycles. The van der Waals surface area contributed by atoms with Gasteiger partial charge in [0.05, 0.1) is 11.6 Å². The Labute approximate surface area is 109 Å². The second-order valence-electron chi connectivity index (χ2n) is 3.79. The van der Waals surface area contributed by atoms with Crippen molar-refractivity contribution >= 4 is 29.5 Å². The molecule has 1 aliphatic rings. The molecule has 1 aliphatic heterocycles. The molecule has 1 amide bonds. The Kier molecular flexibility index (Phi) is 3.53. The van der Waals surface area contributed by atoms with Gasteiger partial charge in [0, 0.05) is 17.6 Å². The minimum Gasteiger partial charge on any atom is -0.491 e. The number of carbonyl (C=O) groups excluding carboxylic acids is 1. The van der Waals surface area contributed by atoms with E-state index in [4.69, 9.17) is 27.5 Å². The van der Waals surface area contributed by atoms with Crippen molar-refractivity contribution in [3.05, 3.63) is 34.4 Å². The summed E-state index contributed by atoms with van der Waals surface area (Å²) in [6, 6.07) is 5.33. The summed E-state index contributed by atoms with van der Waals surface area (Å²) in [6.07, 6.45) is 2.14. The third-order valence-corrected chi connectivity index (χ3v) is 2.78. The van der Waals surface area contributed by atoms with Crippen LogP contribution < -0.4 is 15.8 Å². The lowest BCUT2D eigenvalue weighted by Crippen LogP contribution is -2.36.